The summed E-state index contributed by atoms with van der Waals surface area (Å²) in [6, 6.07) is 60.7. The Hall–Kier alpha value is -5.55. The first-order valence-electron chi connectivity index (χ1n) is 15.7. The van der Waals surface area contributed by atoms with Gasteiger partial charge in [0, 0.05) is 42.8 Å². The van der Waals surface area contributed by atoms with Crippen LogP contribution in [-0.4, -0.2) is 4.98 Å². The molecule has 4 heteroatoms. The summed E-state index contributed by atoms with van der Waals surface area (Å²) in [4.78, 5) is 7.38. The first-order chi connectivity index (χ1) is 23.3. The maximum atomic E-state index is 5.02. The molecule has 0 aliphatic rings. The average Bonchev–Trinajstić information content (AvgIpc) is 3.75. The lowest BCUT2D eigenvalue weighted by atomic mass is 10.0. The Morgan fingerprint density at radius 1 is 0.404 bits per heavy atom. The van der Waals surface area contributed by atoms with Gasteiger partial charge in [0.15, 0.2) is 0 Å². The molecule has 0 saturated carbocycles. The van der Waals surface area contributed by atoms with Crippen LogP contribution in [-0.2, 0) is 0 Å². The summed E-state index contributed by atoms with van der Waals surface area (Å²) in [5.41, 5.74) is 10.4. The van der Waals surface area contributed by atoms with Crippen LogP contribution in [0.2, 0.25) is 0 Å². The van der Waals surface area contributed by atoms with Crippen LogP contribution in [0.5, 0.6) is 0 Å². The summed E-state index contributed by atoms with van der Waals surface area (Å²) in [5.74, 6) is 0. The molecule has 0 bridgehead atoms. The summed E-state index contributed by atoms with van der Waals surface area (Å²) in [7, 11) is 0. The van der Waals surface area contributed by atoms with Gasteiger partial charge in [0.1, 0.15) is 5.01 Å². The van der Waals surface area contributed by atoms with Crippen LogP contribution in [0.4, 0.5) is 17.1 Å². The van der Waals surface area contributed by atoms with Gasteiger partial charge in [0.2, 0.25) is 0 Å². The first kappa shape index (κ1) is 27.7. The molecule has 0 radical (unpaired) electrons. The first-order valence-corrected chi connectivity index (χ1v) is 17.3. The molecule has 2 nitrogen and oxygen atoms in total. The number of thiazole rings is 1. The van der Waals surface area contributed by atoms with E-state index in [2.05, 4.69) is 175 Å². The minimum Gasteiger partial charge on any atom is -0.310 e. The number of benzene rings is 7. The van der Waals surface area contributed by atoms with Gasteiger partial charge in [-0.05, 0) is 70.8 Å². The zero-order valence-electron chi connectivity index (χ0n) is 25.4. The van der Waals surface area contributed by atoms with E-state index in [-0.39, 0.29) is 0 Å². The molecule has 0 atom stereocenters. The van der Waals surface area contributed by atoms with Crippen molar-refractivity contribution in [3.05, 3.63) is 170 Å². The maximum absolute atomic E-state index is 5.02. The molecule has 222 valence electrons. The number of hydrogen-bond donors (Lipinski definition) is 0. The van der Waals surface area contributed by atoms with Crippen molar-refractivity contribution in [3.63, 3.8) is 0 Å². The Bertz CT molecular complexity index is 2400. The fourth-order valence-electron chi connectivity index (χ4n) is 6.39. The molecule has 7 aromatic carbocycles. The molecule has 0 aliphatic heterocycles. The van der Waals surface area contributed by atoms with E-state index < -0.39 is 0 Å². The number of anilines is 3. The number of rotatable bonds is 6. The number of thiophene rings is 1. The molecular formula is C43H28N2S2. The van der Waals surface area contributed by atoms with Crippen molar-refractivity contribution in [2.75, 3.05) is 4.90 Å². The third-order valence-electron chi connectivity index (χ3n) is 8.72. The normalized spacial score (nSPS) is 11.4. The fourth-order valence-corrected chi connectivity index (χ4v) is 8.73. The number of fused-ring (bicyclic) bond motifs is 5. The topological polar surface area (TPSA) is 16.1 Å². The van der Waals surface area contributed by atoms with Crippen LogP contribution in [0.15, 0.2) is 170 Å². The highest BCUT2D eigenvalue weighted by Crippen LogP contribution is 2.45. The second-order valence-corrected chi connectivity index (χ2v) is 13.7. The van der Waals surface area contributed by atoms with E-state index in [0.29, 0.717) is 0 Å². The third-order valence-corrected chi connectivity index (χ3v) is 11.0. The average molecular weight is 637 g/mol. The highest BCUT2D eigenvalue weighted by Gasteiger charge is 2.18. The van der Waals surface area contributed by atoms with Crippen LogP contribution >= 0.6 is 22.7 Å². The number of hydrogen-bond acceptors (Lipinski definition) is 4. The van der Waals surface area contributed by atoms with Crippen molar-refractivity contribution in [3.8, 4) is 32.8 Å². The highest BCUT2D eigenvalue weighted by atomic mass is 32.1. The Morgan fingerprint density at radius 3 is 1.49 bits per heavy atom. The Balaban J connectivity index is 1.16. The molecule has 2 aromatic heterocycles. The van der Waals surface area contributed by atoms with E-state index in [4.69, 9.17) is 4.98 Å². The molecule has 9 aromatic rings. The van der Waals surface area contributed by atoms with E-state index in [1.165, 1.54) is 47.1 Å². The van der Waals surface area contributed by atoms with Crippen LogP contribution in [0.1, 0.15) is 0 Å². The third kappa shape index (κ3) is 5.08. The molecule has 47 heavy (non-hydrogen) atoms. The largest absolute Gasteiger partial charge is 0.310 e. The lowest BCUT2D eigenvalue weighted by Gasteiger charge is -2.26. The van der Waals surface area contributed by atoms with Crippen molar-refractivity contribution >= 4 is 70.1 Å². The van der Waals surface area contributed by atoms with Gasteiger partial charge >= 0.3 is 0 Å². The monoisotopic (exact) mass is 636 g/mol. The van der Waals surface area contributed by atoms with E-state index >= 15 is 0 Å². The number of aromatic nitrogens is 1. The molecule has 0 unspecified atom stereocenters. The van der Waals surface area contributed by atoms with Crippen LogP contribution in [0.25, 0.3) is 63.2 Å². The highest BCUT2D eigenvalue weighted by molar-refractivity contribution is 7.28. The van der Waals surface area contributed by atoms with Crippen LogP contribution in [0, 0.1) is 0 Å². The zero-order valence-corrected chi connectivity index (χ0v) is 27.0. The predicted molar refractivity (Wildman–Crippen MR) is 203 cm³/mol. The standard InChI is InChI=1S/C43H28N2S2/c1-4-10-29(11-5-1)31-16-20-34(21-17-31)45(35-22-18-32(19-23-35)30-12-6-2-7-13-30)36-24-25-37-40(28-36)46-39-27-26-38-42(41(37)39)47-43(44-38)33-14-8-3-9-15-33/h1-28H. The van der Waals surface area contributed by atoms with E-state index in [0.717, 1.165) is 33.1 Å². The molecule has 0 fully saturated rings. The van der Waals surface area contributed by atoms with Crippen LogP contribution in [0.3, 0.4) is 0 Å². The second-order valence-electron chi connectivity index (χ2n) is 11.6. The molecule has 0 amide bonds. The Morgan fingerprint density at radius 2 is 0.915 bits per heavy atom. The summed E-state index contributed by atoms with van der Waals surface area (Å²) in [5, 5.41) is 3.65. The van der Waals surface area contributed by atoms with Gasteiger partial charge < -0.3 is 4.90 Å². The molecular weight excluding hydrogens is 609 g/mol. The van der Waals surface area contributed by atoms with Crippen molar-refractivity contribution in [1.29, 1.82) is 0 Å². The maximum Gasteiger partial charge on any atom is 0.124 e. The summed E-state index contributed by atoms with van der Waals surface area (Å²) in [6.45, 7) is 0. The predicted octanol–water partition coefficient (Wildman–Crippen LogP) is 13.1. The zero-order chi connectivity index (χ0) is 31.2. The van der Waals surface area contributed by atoms with Gasteiger partial charge in [-0.1, -0.05) is 121 Å². The molecule has 2 heterocycles. The summed E-state index contributed by atoms with van der Waals surface area (Å²) < 4.78 is 3.82. The minimum atomic E-state index is 1.06. The second kappa shape index (κ2) is 11.7. The van der Waals surface area contributed by atoms with Crippen molar-refractivity contribution < 1.29 is 0 Å². The quantitative estimate of drug-likeness (QED) is 0.181. The SMILES string of the molecule is c1ccc(-c2ccc(N(c3ccc(-c4ccccc4)cc3)c3ccc4c(c3)sc3ccc5nc(-c6ccccc6)sc5c34)cc2)cc1. The Kier molecular flexibility index (Phi) is 6.89. The van der Waals surface area contributed by atoms with Gasteiger partial charge in [-0.2, -0.15) is 0 Å². The molecule has 0 aliphatic carbocycles. The van der Waals surface area contributed by atoms with Crippen molar-refractivity contribution in [2.24, 2.45) is 0 Å². The fraction of sp³-hybridized carbons (Fsp3) is 0. The van der Waals surface area contributed by atoms with Gasteiger partial charge in [0.25, 0.3) is 0 Å². The van der Waals surface area contributed by atoms with Gasteiger partial charge in [-0.3, -0.25) is 0 Å². The molecule has 0 saturated heterocycles. The molecule has 0 N–H and O–H groups in total. The smallest absolute Gasteiger partial charge is 0.124 e. The van der Waals surface area contributed by atoms with Gasteiger partial charge in [-0.15, -0.1) is 22.7 Å². The minimum absolute atomic E-state index is 1.06. The van der Waals surface area contributed by atoms with Gasteiger partial charge in [-0.25, -0.2) is 4.98 Å². The molecule has 9 rings (SSSR count). The lowest BCUT2D eigenvalue weighted by molar-refractivity contribution is 1.29. The van der Waals surface area contributed by atoms with E-state index in [1.807, 2.05) is 11.3 Å². The Labute approximate surface area is 281 Å². The summed E-state index contributed by atoms with van der Waals surface area (Å²) in [6.07, 6.45) is 0. The van der Waals surface area contributed by atoms with Gasteiger partial charge in [0.05, 0.1) is 10.2 Å². The summed E-state index contributed by atoms with van der Waals surface area (Å²) >= 11 is 3.64. The lowest BCUT2D eigenvalue weighted by Crippen LogP contribution is -2.09. The molecule has 0 spiro atoms. The van der Waals surface area contributed by atoms with E-state index in [1.54, 1.807) is 11.3 Å². The van der Waals surface area contributed by atoms with Crippen molar-refractivity contribution in [2.45, 2.75) is 0 Å². The number of nitrogens with zero attached hydrogens (tertiary/aromatic N) is 2. The van der Waals surface area contributed by atoms with Crippen LogP contribution < -0.4 is 4.90 Å². The van der Waals surface area contributed by atoms with E-state index in [9.17, 15) is 0 Å². The van der Waals surface area contributed by atoms with Crippen molar-refractivity contribution in [1.82, 2.24) is 4.98 Å².